The molecular formula is C23H24N2O2S. The zero-order valence-corrected chi connectivity index (χ0v) is 17.4. The molecule has 2 unspecified atom stereocenters. The largest absolute Gasteiger partial charge is 0.378 e. The molecule has 3 aromatic rings. The molecular weight excluding hydrogens is 368 g/mol. The molecule has 1 aliphatic rings. The number of hydrogen-bond donors (Lipinski definition) is 0. The summed E-state index contributed by atoms with van der Waals surface area (Å²) in [6.45, 7) is 0. The fourth-order valence-electron chi connectivity index (χ4n) is 3.66. The third-order valence-electron chi connectivity index (χ3n) is 5.21. The van der Waals surface area contributed by atoms with Gasteiger partial charge in [-0.1, -0.05) is 48.5 Å². The van der Waals surface area contributed by atoms with Gasteiger partial charge in [-0.3, -0.25) is 4.18 Å². The molecule has 1 heterocycles. The minimum absolute atomic E-state index is 0.728. The summed E-state index contributed by atoms with van der Waals surface area (Å²) in [5.74, 6) is 0. The van der Waals surface area contributed by atoms with E-state index in [-0.39, 0.29) is 0 Å². The monoisotopic (exact) mass is 392 g/mol. The van der Waals surface area contributed by atoms with E-state index in [2.05, 4.69) is 35.2 Å². The Morgan fingerprint density at radius 2 is 1.32 bits per heavy atom. The van der Waals surface area contributed by atoms with Crippen LogP contribution in [-0.2, 0) is 20.9 Å². The van der Waals surface area contributed by atoms with Crippen molar-refractivity contribution in [2.24, 2.45) is 0 Å². The van der Waals surface area contributed by atoms with Crippen molar-refractivity contribution >= 4 is 22.5 Å². The summed E-state index contributed by atoms with van der Waals surface area (Å²) < 4.78 is 19.3. The van der Waals surface area contributed by atoms with Crippen molar-refractivity contribution in [1.29, 1.82) is 0 Å². The number of benzene rings is 3. The predicted molar refractivity (Wildman–Crippen MR) is 115 cm³/mol. The number of hydrogen-bond acceptors (Lipinski definition) is 4. The van der Waals surface area contributed by atoms with E-state index in [0.29, 0.717) is 0 Å². The molecule has 0 spiro atoms. The van der Waals surface area contributed by atoms with Crippen LogP contribution in [0.2, 0.25) is 0 Å². The van der Waals surface area contributed by atoms with Crippen LogP contribution in [0.1, 0.15) is 16.7 Å². The van der Waals surface area contributed by atoms with Crippen molar-refractivity contribution in [1.82, 2.24) is 0 Å². The summed E-state index contributed by atoms with van der Waals surface area (Å²) in [5.41, 5.74) is 4.08. The van der Waals surface area contributed by atoms with Crippen LogP contribution in [0.25, 0.3) is 0 Å². The Kier molecular flexibility index (Phi) is 4.73. The lowest BCUT2D eigenvalue weighted by atomic mass is 9.80. The molecule has 0 bridgehead atoms. The van der Waals surface area contributed by atoms with E-state index < -0.39 is 16.7 Å². The molecule has 0 aliphatic carbocycles. The zero-order chi connectivity index (χ0) is 19.9. The summed E-state index contributed by atoms with van der Waals surface area (Å²) >= 11 is -1.55. The van der Waals surface area contributed by atoms with Gasteiger partial charge in [-0.25, -0.2) is 4.21 Å². The van der Waals surface area contributed by atoms with Crippen molar-refractivity contribution in [3.63, 3.8) is 0 Å². The summed E-state index contributed by atoms with van der Waals surface area (Å²) in [5, 5.41) is 0. The normalized spacial score (nSPS) is 20.6. The quantitative estimate of drug-likeness (QED) is 0.667. The lowest BCUT2D eigenvalue weighted by molar-refractivity contribution is 0.193. The van der Waals surface area contributed by atoms with Gasteiger partial charge in [0, 0.05) is 45.1 Å². The predicted octanol–water partition coefficient (Wildman–Crippen LogP) is 4.16. The first-order chi connectivity index (χ1) is 13.4. The van der Waals surface area contributed by atoms with E-state index in [1.807, 2.05) is 75.6 Å². The van der Waals surface area contributed by atoms with E-state index in [0.717, 1.165) is 33.0 Å². The van der Waals surface area contributed by atoms with Crippen LogP contribution in [0.4, 0.5) is 11.4 Å². The maximum atomic E-state index is 13.0. The number of fused-ring (bicyclic) bond motifs is 1. The molecule has 5 heteroatoms. The lowest BCUT2D eigenvalue weighted by Crippen LogP contribution is -2.29. The lowest BCUT2D eigenvalue weighted by Gasteiger charge is -2.30. The fourth-order valence-corrected chi connectivity index (χ4v) is 4.87. The van der Waals surface area contributed by atoms with Gasteiger partial charge in [-0.2, -0.15) is 0 Å². The molecule has 0 aromatic heterocycles. The minimum Gasteiger partial charge on any atom is -0.378 e. The average Bonchev–Trinajstić information content (AvgIpc) is 3.02. The van der Waals surface area contributed by atoms with E-state index in [9.17, 15) is 4.21 Å². The Morgan fingerprint density at radius 3 is 1.93 bits per heavy atom. The second-order valence-electron chi connectivity index (χ2n) is 7.38. The molecule has 0 amide bonds. The van der Waals surface area contributed by atoms with Crippen LogP contribution in [-0.4, -0.2) is 32.4 Å². The van der Waals surface area contributed by atoms with Crippen LogP contribution in [0.5, 0.6) is 0 Å². The molecule has 0 N–H and O–H groups in total. The first-order valence-corrected chi connectivity index (χ1v) is 10.3. The first kappa shape index (κ1) is 18.7. The summed E-state index contributed by atoms with van der Waals surface area (Å²) in [6.07, 6.45) is 0. The third kappa shape index (κ3) is 2.91. The smallest absolute Gasteiger partial charge is 0.191 e. The van der Waals surface area contributed by atoms with Crippen LogP contribution in [0, 0.1) is 0 Å². The van der Waals surface area contributed by atoms with Crippen LogP contribution < -0.4 is 9.80 Å². The van der Waals surface area contributed by atoms with Gasteiger partial charge >= 0.3 is 0 Å². The number of anilines is 2. The Labute approximate surface area is 169 Å². The molecule has 1 aliphatic heterocycles. The van der Waals surface area contributed by atoms with E-state index in [1.54, 1.807) is 0 Å². The third-order valence-corrected chi connectivity index (χ3v) is 6.31. The van der Waals surface area contributed by atoms with E-state index in [4.69, 9.17) is 4.18 Å². The van der Waals surface area contributed by atoms with Gasteiger partial charge < -0.3 is 9.80 Å². The fraction of sp³-hybridized carbons (Fsp3) is 0.217. The molecule has 144 valence electrons. The molecule has 28 heavy (non-hydrogen) atoms. The molecule has 0 fully saturated rings. The Bertz CT molecular complexity index is 1020. The highest BCUT2D eigenvalue weighted by Gasteiger charge is 2.47. The summed E-state index contributed by atoms with van der Waals surface area (Å²) in [4.78, 5) is 4.79. The molecule has 4 nitrogen and oxygen atoms in total. The Hall–Kier alpha value is -2.63. The van der Waals surface area contributed by atoms with Gasteiger partial charge in [-0.15, -0.1) is 0 Å². The minimum atomic E-state index is -1.55. The molecule has 3 aromatic carbocycles. The van der Waals surface area contributed by atoms with Gasteiger partial charge in [0.05, 0.1) is 4.90 Å². The molecule has 2 atom stereocenters. The van der Waals surface area contributed by atoms with Gasteiger partial charge in [0.15, 0.2) is 16.7 Å². The van der Waals surface area contributed by atoms with Crippen LogP contribution in [0.15, 0.2) is 77.7 Å². The maximum absolute atomic E-state index is 13.0. The highest BCUT2D eigenvalue weighted by atomic mass is 32.2. The van der Waals surface area contributed by atoms with Crippen molar-refractivity contribution in [3.05, 3.63) is 89.5 Å². The van der Waals surface area contributed by atoms with Crippen molar-refractivity contribution in [2.45, 2.75) is 10.5 Å². The topological polar surface area (TPSA) is 32.8 Å². The van der Waals surface area contributed by atoms with Gasteiger partial charge in [0.1, 0.15) is 0 Å². The van der Waals surface area contributed by atoms with Crippen molar-refractivity contribution in [2.75, 3.05) is 38.0 Å². The first-order valence-electron chi connectivity index (χ1n) is 9.20. The molecule has 0 saturated carbocycles. The highest BCUT2D eigenvalue weighted by molar-refractivity contribution is 7.80. The highest BCUT2D eigenvalue weighted by Crippen LogP contribution is 2.49. The van der Waals surface area contributed by atoms with Gasteiger partial charge in [-0.05, 0) is 35.4 Å². The van der Waals surface area contributed by atoms with E-state index in [1.165, 1.54) is 0 Å². The van der Waals surface area contributed by atoms with Gasteiger partial charge in [0.25, 0.3) is 0 Å². The number of rotatable bonds is 4. The van der Waals surface area contributed by atoms with E-state index >= 15 is 0 Å². The molecule has 0 saturated heterocycles. The Morgan fingerprint density at radius 1 is 0.750 bits per heavy atom. The second-order valence-corrected chi connectivity index (χ2v) is 8.46. The zero-order valence-electron chi connectivity index (χ0n) is 16.5. The number of nitrogens with zero attached hydrogens (tertiary/aromatic N) is 2. The Balaban J connectivity index is 1.96. The van der Waals surface area contributed by atoms with Gasteiger partial charge in [0.2, 0.25) is 0 Å². The molecule has 0 radical (unpaired) electrons. The SMILES string of the molecule is CN(C)c1ccc(C2(c3ccccc3)OS(=O)c3cc(N(C)C)ccc32)cc1. The average molecular weight is 393 g/mol. The van der Waals surface area contributed by atoms with Crippen LogP contribution >= 0.6 is 0 Å². The summed E-state index contributed by atoms with van der Waals surface area (Å²) in [6, 6.07) is 24.4. The standard InChI is InChI=1S/C23H24N2O2S/c1-24(2)19-12-10-18(11-13-19)23(17-8-6-5-7-9-17)21-15-14-20(25(3)4)16-22(21)28(26)27-23/h5-16H,1-4H3. The second kappa shape index (κ2) is 7.08. The molecule has 4 rings (SSSR count). The summed E-state index contributed by atoms with van der Waals surface area (Å²) in [7, 11) is 7.98. The van der Waals surface area contributed by atoms with Crippen molar-refractivity contribution in [3.8, 4) is 0 Å². The van der Waals surface area contributed by atoms with Crippen molar-refractivity contribution < 1.29 is 8.39 Å². The maximum Gasteiger partial charge on any atom is 0.191 e. The van der Waals surface area contributed by atoms with Crippen LogP contribution in [0.3, 0.4) is 0 Å².